The van der Waals surface area contributed by atoms with E-state index in [1.165, 1.54) is 36.2 Å². The van der Waals surface area contributed by atoms with E-state index in [0.29, 0.717) is 5.41 Å². The predicted octanol–water partition coefficient (Wildman–Crippen LogP) is 2.99. The molecule has 0 atom stereocenters. The third kappa shape index (κ3) is 3.05. The quantitative estimate of drug-likeness (QED) is 0.878. The van der Waals surface area contributed by atoms with Crippen molar-refractivity contribution in [3.05, 3.63) is 29.3 Å². The minimum Gasteiger partial charge on any atom is -0.371 e. The molecule has 100 valence electrons. The average molecular weight is 246 g/mol. The van der Waals surface area contributed by atoms with E-state index in [9.17, 15) is 0 Å². The maximum atomic E-state index is 3.30. The van der Waals surface area contributed by atoms with Crippen molar-refractivity contribution in [3.8, 4) is 0 Å². The number of aryl methyl sites for hydroxylation is 2. The summed E-state index contributed by atoms with van der Waals surface area (Å²) in [6, 6.07) is 6.90. The monoisotopic (exact) mass is 246 g/mol. The zero-order chi connectivity index (χ0) is 13.2. The molecule has 0 fully saturated rings. The van der Waals surface area contributed by atoms with Crippen LogP contribution in [0.25, 0.3) is 0 Å². The van der Waals surface area contributed by atoms with Gasteiger partial charge in [0.2, 0.25) is 0 Å². The first kappa shape index (κ1) is 13.4. The van der Waals surface area contributed by atoms with Crippen LogP contribution in [0.3, 0.4) is 0 Å². The highest BCUT2D eigenvalue weighted by molar-refractivity contribution is 5.56. The second kappa shape index (κ2) is 5.31. The Morgan fingerprint density at radius 2 is 2.11 bits per heavy atom. The molecule has 0 saturated heterocycles. The molecule has 0 bridgehead atoms. The van der Waals surface area contributed by atoms with E-state index in [1.54, 1.807) is 0 Å². The van der Waals surface area contributed by atoms with E-state index in [0.717, 1.165) is 13.1 Å². The first-order valence-corrected chi connectivity index (χ1v) is 7.01. The van der Waals surface area contributed by atoms with Crippen LogP contribution in [-0.2, 0) is 6.42 Å². The fourth-order valence-corrected chi connectivity index (χ4v) is 3.02. The van der Waals surface area contributed by atoms with E-state index in [4.69, 9.17) is 0 Å². The SMILES string of the molecule is CNCC(C)(C)CN1CCCc2cc(C)ccc21. The summed E-state index contributed by atoms with van der Waals surface area (Å²) in [4.78, 5) is 2.57. The lowest BCUT2D eigenvalue weighted by molar-refractivity contribution is 0.349. The minimum absolute atomic E-state index is 0.314. The van der Waals surface area contributed by atoms with Crippen LogP contribution in [-0.4, -0.2) is 26.7 Å². The zero-order valence-electron chi connectivity index (χ0n) is 12.2. The number of nitrogens with one attached hydrogen (secondary N) is 1. The summed E-state index contributed by atoms with van der Waals surface area (Å²) < 4.78 is 0. The van der Waals surface area contributed by atoms with Crippen molar-refractivity contribution in [1.82, 2.24) is 5.32 Å². The molecule has 0 saturated carbocycles. The van der Waals surface area contributed by atoms with Gasteiger partial charge in [0.1, 0.15) is 0 Å². The maximum Gasteiger partial charge on any atom is 0.0399 e. The summed E-state index contributed by atoms with van der Waals surface area (Å²) in [5, 5.41) is 3.30. The number of fused-ring (bicyclic) bond motifs is 1. The summed E-state index contributed by atoms with van der Waals surface area (Å²) in [7, 11) is 2.04. The first-order valence-electron chi connectivity index (χ1n) is 7.01. The molecule has 1 N–H and O–H groups in total. The highest BCUT2D eigenvalue weighted by Crippen LogP contribution is 2.30. The molecule has 1 aliphatic heterocycles. The van der Waals surface area contributed by atoms with Crippen molar-refractivity contribution < 1.29 is 0 Å². The molecular weight excluding hydrogens is 220 g/mol. The zero-order valence-corrected chi connectivity index (χ0v) is 12.2. The second-order valence-corrected chi connectivity index (χ2v) is 6.35. The van der Waals surface area contributed by atoms with Crippen LogP contribution in [0, 0.1) is 12.3 Å². The van der Waals surface area contributed by atoms with Gasteiger partial charge in [-0.15, -0.1) is 0 Å². The van der Waals surface area contributed by atoms with Gasteiger partial charge in [0, 0.05) is 25.3 Å². The van der Waals surface area contributed by atoms with Gasteiger partial charge in [0.05, 0.1) is 0 Å². The van der Waals surface area contributed by atoms with Gasteiger partial charge in [-0.05, 0) is 43.9 Å². The van der Waals surface area contributed by atoms with E-state index in [2.05, 4.69) is 49.2 Å². The lowest BCUT2D eigenvalue weighted by atomic mass is 9.90. The Kier molecular flexibility index (Phi) is 3.96. The van der Waals surface area contributed by atoms with Gasteiger partial charge < -0.3 is 10.2 Å². The fourth-order valence-electron chi connectivity index (χ4n) is 3.02. The van der Waals surface area contributed by atoms with Crippen LogP contribution in [0.4, 0.5) is 5.69 Å². The molecule has 2 rings (SSSR count). The van der Waals surface area contributed by atoms with Crippen LogP contribution in [0.5, 0.6) is 0 Å². The Morgan fingerprint density at radius 1 is 1.33 bits per heavy atom. The maximum absolute atomic E-state index is 3.30. The highest BCUT2D eigenvalue weighted by atomic mass is 15.1. The Hall–Kier alpha value is -1.02. The third-order valence-corrected chi connectivity index (χ3v) is 3.72. The van der Waals surface area contributed by atoms with Crippen molar-refractivity contribution in [2.24, 2.45) is 5.41 Å². The van der Waals surface area contributed by atoms with Crippen molar-refractivity contribution in [3.63, 3.8) is 0 Å². The van der Waals surface area contributed by atoms with E-state index in [-0.39, 0.29) is 0 Å². The van der Waals surface area contributed by atoms with Crippen LogP contribution < -0.4 is 10.2 Å². The molecule has 0 radical (unpaired) electrons. The summed E-state index contributed by atoms with van der Waals surface area (Å²) in [5.41, 5.74) is 4.68. The molecule has 18 heavy (non-hydrogen) atoms. The molecule has 2 heteroatoms. The van der Waals surface area contributed by atoms with Gasteiger partial charge in [0.25, 0.3) is 0 Å². The normalized spacial score (nSPS) is 15.7. The summed E-state index contributed by atoms with van der Waals surface area (Å²) >= 11 is 0. The van der Waals surface area contributed by atoms with Gasteiger partial charge in [-0.25, -0.2) is 0 Å². The number of anilines is 1. The Balaban J connectivity index is 2.17. The van der Waals surface area contributed by atoms with Gasteiger partial charge in [-0.1, -0.05) is 31.5 Å². The van der Waals surface area contributed by atoms with Crippen LogP contribution in [0.2, 0.25) is 0 Å². The summed E-state index contributed by atoms with van der Waals surface area (Å²) in [6.07, 6.45) is 2.52. The standard InChI is InChI=1S/C16H26N2/c1-13-7-8-15-14(10-13)6-5-9-18(15)12-16(2,3)11-17-4/h7-8,10,17H,5-6,9,11-12H2,1-4H3. The molecule has 1 heterocycles. The topological polar surface area (TPSA) is 15.3 Å². The van der Waals surface area contributed by atoms with Crippen molar-refractivity contribution in [2.45, 2.75) is 33.6 Å². The molecule has 0 spiro atoms. The Bertz CT molecular complexity index is 410. The molecular formula is C16H26N2. The van der Waals surface area contributed by atoms with E-state index < -0.39 is 0 Å². The smallest absolute Gasteiger partial charge is 0.0399 e. The molecule has 0 aliphatic carbocycles. The van der Waals surface area contributed by atoms with Crippen molar-refractivity contribution >= 4 is 5.69 Å². The number of rotatable bonds is 4. The predicted molar refractivity (Wildman–Crippen MR) is 79.4 cm³/mol. The van der Waals surface area contributed by atoms with Crippen LogP contribution >= 0.6 is 0 Å². The van der Waals surface area contributed by atoms with Crippen molar-refractivity contribution in [2.75, 3.05) is 31.6 Å². The lowest BCUT2D eigenvalue weighted by Gasteiger charge is -2.38. The third-order valence-electron chi connectivity index (χ3n) is 3.72. The van der Waals surface area contributed by atoms with Crippen LogP contribution in [0.1, 0.15) is 31.4 Å². The van der Waals surface area contributed by atoms with Crippen LogP contribution in [0.15, 0.2) is 18.2 Å². The number of benzene rings is 1. The first-order chi connectivity index (χ1) is 8.52. The fraction of sp³-hybridized carbons (Fsp3) is 0.625. The number of hydrogen-bond acceptors (Lipinski definition) is 2. The number of hydrogen-bond donors (Lipinski definition) is 1. The Labute approximate surface area is 111 Å². The average Bonchev–Trinajstić information content (AvgIpc) is 2.28. The van der Waals surface area contributed by atoms with E-state index in [1.807, 2.05) is 7.05 Å². The summed E-state index contributed by atoms with van der Waals surface area (Å²) in [5.74, 6) is 0. The molecule has 1 aromatic carbocycles. The lowest BCUT2D eigenvalue weighted by Crippen LogP contribution is -2.41. The highest BCUT2D eigenvalue weighted by Gasteiger charge is 2.24. The Morgan fingerprint density at radius 3 is 2.83 bits per heavy atom. The van der Waals surface area contributed by atoms with Gasteiger partial charge in [-0.2, -0.15) is 0 Å². The summed E-state index contributed by atoms with van der Waals surface area (Å²) in [6.45, 7) is 10.2. The number of nitrogens with zero attached hydrogens (tertiary/aromatic N) is 1. The van der Waals surface area contributed by atoms with E-state index >= 15 is 0 Å². The molecule has 0 aromatic heterocycles. The van der Waals surface area contributed by atoms with Gasteiger partial charge in [-0.3, -0.25) is 0 Å². The molecule has 1 aromatic rings. The largest absolute Gasteiger partial charge is 0.371 e. The van der Waals surface area contributed by atoms with Crippen molar-refractivity contribution in [1.29, 1.82) is 0 Å². The molecule has 0 amide bonds. The second-order valence-electron chi connectivity index (χ2n) is 6.35. The molecule has 1 aliphatic rings. The molecule has 0 unspecified atom stereocenters. The minimum atomic E-state index is 0.314. The van der Waals surface area contributed by atoms with Gasteiger partial charge in [0.15, 0.2) is 0 Å². The van der Waals surface area contributed by atoms with Gasteiger partial charge >= 0.3 is 0 Å². The molecule has 2 nitrogen and oxygen atoms in total.